The first kappa shape index (κ1) is 14.7. The van der Waals surface area contributed by atoms with Gasteiger partial charge in [-0.25, -0.2) is 13.9 Å². The molecule has 0 radical (unpaired) electrons. The van der Waals surface area contributed by atoms with Crippen LogP contribution >= 0.6 is 10.8 Å². The van der Waals surface area contributed by atoms with Crippen LogP contribution in [0.5, 0.6) is 0 Å². The van der Waals surface area contributed by atoms with E-state index in [2.05, 4.69) is 0 Å². The van der Waals surface area contributed by atoms with Gasteiger partial charge in [-0.15, -0.1) is 0 Å². The monoisotopic (exact) mass is 255 g/mol. The lowest BCUT2D eigenvalue weighted by Gasteiger charge is -2.00. The fraction of sp³-hybridized carbons (Fsp3) is 0.875. The van der Waals surface area contributed by atoms with Gasteiger partial charge in [0.1, 0.15) is 0 Å². The van der Waals surface area contributed by atoms with E-state index in [4.69, 9.17) is 5.21 Å². The van der Waals surface area contributed by atoms with E-state index < -0.39 is 8.87 Å². The lowest BCUT2D eigenvalue weighted by Crippen LogP contribution is -2.17. The maximum atomic E-state index is 10.7. The minimum absolute atomic E-state index is 0.315. The van der Waals surface area contributed by atoms with Crippen LogP contribution in [0.15, 0.2) is 0 Å². The highest BCUT2D eigenvalue weighted by molar-refractivity contribution is 8.71. The van der Waals surface area contributed by atoms with Gasteiger partial charge in [0.2, 0.25) is 5.91 Å². The molecule has 0 aliphatic rings. The van der Waals surface area contributed by atoms with Gasteiger partial charge in [-0.3, -0.25) is 10.0 Å². The van der Waals surface area contributed by atoms with Crippen LogP contribution in [-0.4, -0.2) is 31.5 Å². The second kappa shape index (κ2) is 7.95. The van der Waals surface area contributed by atoms with E-state index in [9.17, 15) is 13.2 Å². The topological polar surface area (TPSA) is 83.5 Å². The van der Waals surface area contributed by atoms with Gasteiger partial charge in [0, 0.05) is 18.4 Å². The number of hydroxylamine groups is 1. The maximum Gasteiger partial charge on any atom is 0.243 e. The Kier molecular flexibility index (Phi) is 7.81. The molecule has 0 aliphatic heterocycles. The molecule has 0 aromatic carbocycles. The molecule has 0 unspecified atom stereocenters. The number of hydrogen-bond acceptors (Lipinski definition) is 5. The highest BCUT2D eigenvalue weighted by Gasteiger charge is 2.02. The third-order valence-electron chi connectivity index (χ3n) is 1.72. The van der Waals surface area contributed by atoms with Gasteiger partial charge in [-0.2, -0.15) is 0 Å². The van der Waals surface area contributed by atoms with Crippen molar-refractivity contribution in [3.05, 3.63) is 0 Å². The van der Waals surface area contributed by atoms with E-state index in [1.807, 2.05) is 0 Å². The van der Waals surface area contributed by atoms with Crippen LogP contribution in [0, 0.1) is 0 Å². The second-order valence-electron chi connectivity index (χ2n) is 3.23. The van der Waals surface area contributed by atoms with Crippen LogP contribution in [0.1, 0.15) is 32.1 Å². The van der Waals surface area contributed by atoms with E-state index in [0.29, 0.717) is 12.2 Å². The molecule has 1 amide bonds. The van der Waals surface area contributed by atoms with Crippen molar-refractivity contribution in [3.8, 4) is 0 Å². The van der Waals surface area contributed by atoms with Crippen molar-refractivity contribution in [1.82, 2.24) is 5.48 Å². The SMILES string of the molecule is CS(=O)(=O)SCCCCCCC(=O)NO. The largest absolute Gasteiger partial charge is 0.289 e. The number of carbonyl (C=O) groups is 1. The van der Waals surface area contributed by atoms with Crippen molar-refractivity contribution in [2.45, 2.75) is 32.1 Å². The smallest absolute Gasteiger partial charge is 0.243 e. The van der Waals surface area contributed by atoms with Gasteiger partial charge < -0.3 is 0 Å². The van der Waals surface area contributed by atoms with Crippen LogP contribution < -0.4 is 5.48 Å². The van der Waals surface area contributed by atoms with Crippen LogP contribution in [0.25, 0.3) is 0 Å². The summed E-state index contributed by atoms with van der Waals surface area (Å²) in [6, 6.07) is 0. The van der Waals surface area contributed by atoms with Crippen LogP contribution in [0.3, 0.4) is 0 Å². The van der Waals surface area contributed by atoms with Gasteiger partial charge in [0.25, 0.3) is 0 Å². The molecular formula is C8H17NO4S2. The number of carbonyl (C=O) groups excluding carboxylic acids is 1. The third-order valence-corrected chi connectivity index (χ3v) is 4.39. The molecule has 7 heteroatoms. The van der Waals surface area contributed by atoms with Crippen molar-refractivity contribution in [3.63, 3.8) is 0 Å². The highest BCUT2D eigenvalue weighted by atomic mass is 33.1. The summed E-state index contributed by atoms with van der Waals surface area (Å²) in [5, 5.41) is 8.20. The van der Waals surface area contributed by atoms with Gasteiger partial charge in [-0.05, 0) is 23.6 Å². The van der Waals surface area contributed by atoms with Crippen molar-refractivity contribution in [2.75, 3.05) is 12.0 Å². The molecule has 90 valence electrons. The molecule has 0 saturated carbocycles. The summed E-state index contributed by atoms with van der Waals surface area (Å²) in [5.74, 6) is 0.228. The van der Waals surface area contributed by atoms with Crippen LogP contribution in [-0.2, 0) is 13.7 Å². The predicted molar refractivity (Wildman–Crippen MR) is 60.3 cm³/mol. The normalized spacial score (nSPS) is 11.3. The second-order valence-corrected chi connectivity index (χ2v) is 7.80. The van der Waals surface area contributed by atoms with Gasteiger partial charge in [-0.1, -0.05) is 12.8 Å². The summed E-state index contributed by atoms with van der Waals surface area (Å²) in [5.41, 5.74) is 1.56. The van der Waals surface area contributed by atoms with Crippen molar-refractivity contribution in [1.29, 1.82) is 0 Å². The van der Waals surface area contributed by atoms with Gasteiger partial charge >= 0.3 is 0 Å². The van der Waals surface area contributed by atoms with Crippen LogP contribution in [0.2, 0.25) is 0 Å². The fourth-order valence-corrected chi connectivity index (χ4v) is 2.89. The first-order valence-electron chi connectivity index (χ1n) is 4.73. The Hall–Kier alpha value is -0.270. The Morgan fingerprint density at radius 3 is 2.40 bits per heavy atom. The Bertz CT molecular complexity index is 276. The minimum Gasteiger partial charge on any atom is -0.289 e. The summed E-state index contributed by atoms with van der Waals surface area (Å²) < 4.78 is 21.5. The number of amides is 1. The van der Waals surface area contributed by atoms with Gasteiger partial charge in [0.15, 0.2) is 8.87 Å². The molecule has 0 aliphatic carbocycles. The van der Waals surface area contributed by atoms with E-state index >= 15 is 0 Å². The molecule has 0 fully saturated rings. The molecule has 0 atom stereocenters. The zero-order valence-electron chi connectivity index (χ0n) is 8.73. The molecule has 15 heavy (non-hydrogen) atoms. The summed E-state index contributed by atoms with van der Waals surface area (Å²) in [6.07, 6.45) is 4.84. The standard InChI is InChI=1S/C8H17NO4S2/c1-15(12,13)14-7-5-3-2-4-6-8(10)9-11/h11H,2-7H2,1H3,(H,9,10). The maximum absolute atomic E-state index is 10.7. The van der Waals surface area contributed by atoms with Crippen molar-refractivity contribution >= 4 is 25.6 Å². The fourth-order valence-electron chi connectivity index (χ4n) is 1.01. The Balaban J connectivity index is 3.23. The van der Waals surface area contributed by atoms with E-state index in [1.165, 1.54) is 6.26 Å². The zero-order valence-corrected chi connectivity index (χ0v) is 10.4. The molecule has 5 nitrogen and oxygen atoms in total. The lowest BCUT2D eigenvalue weighted by atomic mass is 10.1. The summed E-state index contributed by atoms with van der Waals surface area (Å²) in [6.45, 7) is 0. The average Bonchev–Trinajstić information content (AvgIpc) is 2.14. The molecule has 0 aromatic rings. The van der Waals surface area contributed by atoms with Gasteiger partial charge in [0.05, 0.1) is 0 Å². The number of unbranched alkanes of at least 4 members (excludes halogenated alkanes) is 3. The highest BCUT2D eigenvalue weighted by Crippen LogP contribution is 2.13. The number of nitrogens with one attached hydrogen (secondary N) is 1. The molecular weight excluding hydrogens is 238 g/mol. The molecule has 2 N–H and O–H groups in total. The van der Waals surface area contributed by atoms with E-state index in [0.717, 1.165) is 36.5 Å². The van der Waals surface area contributed by atoms with Crippen LogP contribution in [0.4, 0.5) is 0 Å². The summed E-state index contributed by atoms with van der Waals surface area (Å²) >= 11 is 0. The van der Waals surface area contributed by atoms with Crippen molar-refractivity contribution < 1.29 is 18.4 Å². The number of hydrogen-bond donors (Lipinski definition) is 2. The van der Waals surface area contributed by atoms with E-state index in [1.54, 1.807) is 5.48 Å². The van der Waals surface area contributed by atoms with E-state index in [-0.39, 0.29) is 5.91 Å². The predicted octanol–water partition coefficient (Wildman–Crippen LogP) is 1.14. The summed E-state index contributed by atoms with van der Waals surface area (Å²) in [4.78, 5) is 10.6. The Morgan fingerprint density at radius 2 is 1.87 bits per heavy atom. The lowest BCUT2D eigenvalue weighted by molar-refractivity contribution is -0.129. The molecule has 0 aromatic heterocycles. The third kappa shape index (κ3) is 11.7. The molecule has 0 rings (SSSR count). The average molecular weight is 255 g/mol. The Labute approximate surface area is 93.9 Å². The first-order valence-corrected chi connectivity index (χ1v) is 8.12. The quantitative estimate of drug-likeness (QED) is 0.294. The molecule has 0 bridgehead atoms. The Morgan fingerprint density at radius 1 is 1.27 bits per heavy atom. The zero-order chi connectivity index (χ0) is 11.7. The van der Waals surface area contributed by atoms with Crippen molar-refractivity contribution in [2.24, 2.45) is 0 Å². The minimum atomic E-state index is -2.91. The number of rotatable bonds is 8. The molecule has 0 heterocycles. The summed E-state index contributed by atoms with van der Waals surface area (Å²) in [7, 11) is -1.96. The first-order chi connectivity index (χ1) is 6.95. The molecule has 0 saturated heterocycles. The molecule has 0 spiro atoms.